The number of allylic oxidation sites excluding steroid dienone is 4. The Balaban J connectivity index is 2.28. The van der Waals surface area contributed by atoms with Crippen LogP contribution < -0.4 is 5.73 Å². The summed E-state index contributed by atoms with van der Waals surface area (Å²) in [7, 11) is 0. The van der Waals surface area contributed by atoms with Crippen LogP contribution in [0, 0.1) is 21.4 Å². The van der Waals surface area contributed by atoms with Crippen LogP contribution in [0.3, 0.4) is 0 Å². The molecule has 0 fully saturated rings. The fraction of sp³-hybridized carbons (Fsp3) is 0.429. The summed E-state index contributed by atoms with van der Waals surface area (Å²) in [6.07, 6.45) is 4.38. The lowest BCUT2D eigenvalue weighted by atomic mass is 9.66. The second-order valence-corrected chi connectivity index (χ2v) is 8.40. The Morgan fingerprint density at radius 2 is 1.96 bits per heavy atom. The maximum atomic E-state index is 12.5. The molecule has 1 atom stereocenters. The predicted molar refractivity (Wildman–Crippen MR) is 107 cm³/mol. The van der Waals surface area contributed by atoms with E-state index in [0.717, 1.165) is 11.1 Å². The molecule has 1 heterocycles. The van der Waals surface area contributed by atoms with E-state index < -0.39 is 10.3 Å². The van der Waals surface area contributed by atoms with Crippen LogP contribution in [0.1, 0.15) is 46.6 Å². The SMILES string of the molecule is CC1=CC(=O)C(C(C)C)=CC12CC(C)(C)N=C2c1cc([N+](=O)[O-])ccc1N. The Kier molecular flexibility index (Phi) is 4.33. The normalized spacial score (nSPS) is 24.1. The van der Waals surface area contributed by atoms with Gasteiger partial charge in [-0.25, -0.2) is 0 Å². The molecule has 1 unspecified atom stereocenters. The molecule has 2 N–H and O–H groups in total. The maximum absolute atomic E-state index is 12.5. The summed E-state index contributed by atoms with van der Waals surface area (Å²) >= 11 is 0. The van der Waals surface area contributed by atoms with Gasteiger partial charge in [-0.1, -0.05) is 25.5 Å². The summed E-state index contributed by atoms with van der Waals surface area (Å²) in [6.45, 7) is 9.97. The molecule has 0 saturated heterocycles. The van der Waals surface area contributed by atoms with Gasteiger partial charge in [0.15, 0.2) is 5.78 Å². The fourth-order valence-electron chi connectivity index (χ4n) is 4.13. The monoisotopic (exact) mass is 367 g/mol. The Morgan fingerprint density at radius 1 is 1.30 bits per heavy atom. The predicted octanol–water partition coefficient (Wildman–Crippen LogP) is 4.25. The molecule has 0 bridgehead atoms. The lowest BCUT2D eigenvalue weighted by Gasteiger charge is -2.35. The van der Waals surface area contributed by atoms with Crippen molar-refractivity contribution in [3.63, 3.8) is 0 Å². The minimum absolute atomic E-state index is 0.0178. The molecule has 1 aliphatic carbocycles. The van der Waals surface area contributed by atoms with Crippen LogP contribution in [0.2, 0.25) is 0 Å². The molecule has 0 saturated carbocycles. The van der Waals surface area contributed by atoms with Crippen molar-refractivity contribution in [1.82, 2.24) is 0 Å². The quantitative estimate of drug-likeness (QED) is 0.490. The van der Waals surface area contributed by atoms with Crippen LogP contribution in [0.5, 0.6) is 0 Å². The van der Waals surface area contributed by atoms with E-state index in [-0.39, 0.29) is 22.9 Å². The molecule has 3 rings (SSSR count). The lowest BCUT2D eigenvalue weighted by Crippen LogP contribution is -2.34. The van der Waals surface area contributed by atoms with Gasteiger partial charge in [-0.15, -0.1) is 0 Å². The Labute approximate surface area is 159 Å². The summed E-state index contributed by atoms with van der Waals surface area (Å²) in [5, 5.41) is 11.3. The number of rotatable bonds is 3. The molecule has 1 aromatic carbocycles. The van der Waals surface area contributed by atoms with Gasteiger partial charge in [0.2, 0.25) is 0 Å². The molecule has 27 heavy (non-hydrogen) atoms. The smallest absolute Gasteiger partial charge is 0.270 e. The molecule has 0 radical (unpaired) electrons. The summed E-state index contributed by atoms with van der Waals surface area (Å²) in [5.41, 5.74) is 8.58. The third kappa shape index (κ3) is 3.09. The van der Waals surface area contributed by atoms with Crippen LogP contribution in [0.25, 0.3) is 0 Å². The third-order valence-corrected chi connectivity index (χ3v) is 5.41. The molecule has 2 aliphatic rings. The number of hydrogen-bond acceptors (Lipinski definition) is 5. The zero-order valence-electron chi connectivity index (χ0n) is 16.4. The number of carbonyl (C=O) groups excluding carboxylic acids is 1. The summed E-state index contributed by atoms with van der Waals surface area (Å²) in [4.78, 5) is 28.3. The van der Waals surface area contributed by atoms with Crippen LogP contribution in [-0.4, -0.2) is 22.0 Å². The van der Waals surface area contributed by atoms with E-state index in [2.05, 4.69) is 0 Å². The number of nitrogens with two attached hydrogens (primary N) is 1. The van der Waals surface area contributed by atoms with Gasteiger partial charge in [0.1, 0.15) is 0 Å². The van der Waals surface area contributed by atoms with Gasteiger partial charge >= 0.3 is 0 Å². The molecule has 1 spiro atoms. The van der Waals surface area contributed by atoms with Crippen molar-refractivity contribution < 1.29 is 9.72 Å². The first-order chi connectivity index (χ1) is 12.5. The number of benzene rings is 1. The lowest BCUT2D eigenvalue weighted by molar-refractivity contribution is -0.384. The number of hydrogen-bond donors (Lipinski definition) is 1. The first-order valence-electron chi connectivity index (χ1n) is 9.07. The molecule has 6 heteroatoms. The maximum Gasteiger partial charge on any atom is 0.270 e. The minimum Gasteiger partial charge on any atom is -0.398 e. The van der Waals surface area contributed by atoms with Crippen LogP contribution in [-0.2, 0) is 4.79 Å². The number of carbonyl (C=O) groups is 1. The zero-order valence-corrected chi connectivity index (χ0v) is 16.4. The molecule has 0 aromatic heterocycles. The number of nitrogens with zero attached hydrogens (tertiary/aromatic N) is 2. The van der Waals surface area contributed by atoms with Gasteiger partial charge in [0.05, 0.1) is 21.6 Å². The highest BCUT2D eigenvalue weighted by Gasteiger charge is 2.49. The molecule has 0 amide bonds. The van der Waals surface area contributed by atoms with E-state index >= 15 is 0 Å². The summed E-state index contributed by atoms with van der Waals surface area (Å²) in [5.74, 6) is 0.0929. The topological polar surface area (TPSA) is 98.6 Å². The van der Waals surface area contributed by atoms with Crippen molar-refractivity contribution in [2.24, 2.45) is 16.3 Å². The largest absolute Gasteiger partial charge is 0.398 e. The van der Waals surface area contributed by atoms with Crippen molar-refractivity contribution >= 4 is 22.9 Å². The number of nitro benzene ring substituents is 1. The second kappa shape index (κ2) is 6.15. The first kappa shape index (κ1) is 19.0. The molecule has 6 nitrogen and oxygen atoms in total. The molecule has 142 valence electrons. The fourth-order valence-corrected chi connectivity index (χ4v) is 4.13. The van der Waals surface area contributed by atoms with Gasteiger partial charge in [0.25, 0.3) is 5.69 Å². The van der Waals surface area contributed by atoms with Crippen LogP contribution in [0.15, 0.2) is 46.5 Å². The van der Waals surface area contributed by atoms with Gasteiger partial charge < -0.3 is 5.73 Å². The van der Waals surface area contributed by atoms with Gasteiger partial charge in [-0.3, -0.25) is 19.9 Å². The molecule has 1 aromatic rings. The molecular formula is C21H25N3O3. The molecular weight excluding hydrogens is 342 g/mol. The third-order valence-electron chi connectivity index (χ3n) is 5.41. The number of aliphatic imine (C=N–C) groups is 1. The number of non-ortho nitro benzene ring substituents is 1. The summed E-state index contributed by atoms with van der Waals surface area (Å²) < 4.78 is 0. The summed E-state index contributed by atoms with van der Waals surface area (Å²) in [6, 6.07) is 4.44. The Bertz CT molecular complexity index is 938. The van der Waals surface area contributed by atoms with Crippen molar-refractivity contribution in [1.29, 1.82) is 0 Å². The number of nitrogen functional groups attached to an aromatic ring is 1. The van der Waals surface area contributed by atoms with E-state index in [1.54, 1.807) is 12.1 Å². The number of ketones is 1. The number of anilines is 1. The Hall–Kier alpha value is -2.76. The van der Waals surface area contributed by atoms with Crippen LogP contribution in [0.4, 0.5) is 11.4 Å². The van der Waals surface area contributed by atoms with Gasteiger partial charge in [-0.2, -0.15) is 0 Å². The standard InChI is InChI=1S/C21H25N3O3/c1-12(2)16-10-21(13(3)8-18(16)25)11-20(4,5)23-19(21)15-9-14(24(26)27)6-7-17(15)22/h6-10,12H,11,22H2,1-5H3. The van der Waals surface area contributed by atoms with Crippen molar-refractivity contribution in [2.75, 3.05) is 5.73 Å². The highest BCUT2D eigenvalue weighted by atomic mass is 16.6. The van der Waals surface area contributed by atoms with Gasteiger partial charge in [0, 0.05) is 23.4 Å². The number of nitro groups is 1. The van der Waals surface area contributed by atoms with E-state index in [9.17, 15) is 14.9 Å². The van der Waals surface area contributed by atoms with Crippen LogP contribution >= 0.6 is 0 Å². The highest BCUT2D eigenvalue weighted by Crippen LogP contribution is 2.51. The average molecular weight is 367 g/mol. The van der Waals surface area contributed by atoms with Crippen molar-refractivity contribution in [3.05, 3.63) is 57.2 Å². The first-order valence-corrected chi connectivity index (χ1v) is 9.07. The Morgan fingerprint density at radius 3 is 2.56 bits per heavy atom. The average Bonchev–Trinajstić information content (AvgIpc) is 2.83. The van der Waals surface area contributed by atoms with Crippen molar-refractivity contribution in [2.45, 2.75) is 46.6 Å². The van der Waals surface area contributed by atoms with E-state index in [4.69, 9.17) is 10.7 Å². The second-order valence-electron chi connectivity index (χ2n) is 8.40. The van der Waals surface area contributed by atoms with E-state index in [1.807, 2.05) is 40.7 Å². The van der Waals surface area contributed by atoms with E-state index in [1.165, 1.54) is 12.1 Å². The van der Waals surface area contributed by atoms with E-state index in [0.29, 0.717) is 23.4 Å². The highest BCUT2D eigenvalue weighted by molar-refractivity contribution is 6.16. The molecule has 1 aliphatic heterocycles. The van der Waals surface area contributed by atoms with Crippen molar-refractivity contribution in [3.8, 4) is 0 Å². The van der Waals surface area contributed by atoms with Gasteiger partial charge in [-0.05, 0) is 50.8 Å². The zero-order chi connectivity index (χ0) is 20.1. The minimum atomic E-state index is -0.583.